The first-order valence-corrected chi connectivity index (χ1v) is 4.61. The maximum Gasteiger partial charge on any atom is 0.191 e. The molecule has 1 aliphatic rings. The first-order chi connectivity index (χ1) is 6.07. The van der Waals surface area contributed by atoms with Crippen LogP contribution in [0, 0.1) is 0 Å². The molecule has 1 aliphatic heterocycles. The summed E-state index contributed by atoms with van der Waals surface area (Å²) in [5.74, 6) is 0.821. The molecule has 1 fully saturated rings. The minimum Gasteiger partial charge on any atom is -0.307 e. The highest BCUT2D eigenvalue weighted by molar-refractivity contribution is 4.95. The van der Waals surface area contributed by atoms with Crippen molar-refractivity contribution in [3.63, 3.8) is 0 Å². The van der Waals surface area contributed by atoms with Gasteiger partial charge in [-0.3, -0.25) is 0 Å². The fraction of sp³-hybridized carbons (Fsp3) is 0.875. The Labute approximate surface area is 77.5 Å². The standard InChI is InChI=1S/C8H15N5/c1-8(2,3)13-11-7(10-12-13)6-4-5-9-6/h6,9H,4-5H2,1-3H3. The van der Waals surface area contributed by atoms with E-state index >= 15 is 0 Å². The molecule has 2 rings (SSSR count). The Hall–Kier alpha value is -0.970. The highest BCUT2D eigenvalue weighted by atomic mass is 15.6. The minimum absolute atomic E-state index is 0.0744. The van der Waals surface area contributed by atoms with Crippen LogP contribution < -0.4 is 5.32 Å². The van der Waals surface area contributed by atoms with E-state index in [0.29, 0.717) is 6.04 Å². The van der Waals surface area contributed by atoms with E-state index in [2.05, 4.69) is 41.5 Å². The summed E-state index contributed by atoms with van der Waals surface area (Å²) in [6, 6.07) is 0.330. The number of hydrogen-bond acceptors (Lipinski definition) is 4. The van der Waals surface area contributed by atoms with Gasteiger partial charge in [0.15, 0.2) is 5.82 Å². The lowest BCUT2D eigenvalue weighted by atomic mass is 10.1. The van der Waals surface area contributed by atoms with Crippen LogP contribution in [0.15, 0.2) is 0 Å². The van der Waals surface area contributed by atoms with Crippen molar-refractivity contribution in [2.24, 2.45) is 0 Å². The molecule has 0 aromatic carbocycles. The number of nitrogens with one attached hydrogen (secondary N) is 1. The summed E-state index contributed by atoms with van der Waals surface area (Å²) in [6.07, 6.45) is 1.12. The van der Waals surface area contributed by atoms with Crippen molar-refractivity contribution in [1.82, 2.24) is 25.5 Å². The van der Waals surface area contributed by atoms with E-state index in [1.807, 2.05) is 0 Å². The van der Waals surface area contributed by atoms with Crippen molar-refractivity contribution in [3.05, 3.63) is 5.82 Å². The second-order valence-corrected chi connectivity index (χ2v) is 4.40. The molecule has 0 amide bonds. The molecule has 1 saturated heterocycles. The zero-order valence-electron chi connectivity index (χ0n) is 8.28. The van der Waals surface area contributed by atoms with Gasteiger partial charge in [-0.1, -0.05) is 0 Å². The average Bonchev–Trinajstić information content (AvgIpc) is 2.29. The third-order valence-corrected chi connectivity index (χ3v) is 2.16. The van der Waals surface area contributed by atoms with E-state index in [1.54, 1.807) is 4.80 Å². The molecule has 0 bridgehead atoms. The van der Waals surface area contributed by atoms with Crippen LogP contribution in [0.5, 0.6) is 0 Å². The Kier molecular flexibility index (Phi) is 1.83. The van der Waals surface area contributed by atoms with Crippen LogP contribution >= 0.6 is 0 Å². The van der Waals surface area contributed by atoms with E-state index in [-0.39, 0.29) is 5.54 Å². The highest BCUT2D eigenvalue weighted by Gasteiger charge is 2.25. The van der Waals surface area contributed by atoms with Gasteiger partial charge >= 0.3 is 0 Å². The summed E-state index contributed by atoms with van der Waals surface area (Å²) in [7, 11) is 0. The second kappa shape index (κ2) is 2.77. The molecule has 0 spiro atoms. The molecule has 1 atom stereocenters. The third kappa shape index (κ3) is 1.56. The first-order valence-electron chi connectivity index (χ1n) is 4.61. The molecular weight excluding hydrogens is 166 g/mol. The zero-order chi connectivity index (χ0) is 9.47. The van der Waals surface area contributed by atoms with E-state index in [1.165, 1.54) is 0 Å². The van der Waals surface area contributed by atoms with Gasteiger partial charge in [-0.2, -0.15) is 4.80 Å². The van der Waals surface area contributed by atoms with Crippen LogP contribution in [0.2, 0.25) is 0 Å². The van der Waals surface area contributed by atoms with Crippen LogP contribution in [0.1, 0.15) is 39.1 Å². The zero-order valence-corrected chi connectivity index (χ0v) is 8.28. The second-order valence-electron chi connectivity index (χ2n) is 4.40. The molecule has 1 unspecified atom stereocenters. The van der Waals surface area contributed by atoms with Crippen molar-refractivity contribution in [1.29, 1.82) is 0 Å². The van der Waals surface area contributed by atoms with Crippen molar-refractivity contribution in [2.45, 2.75) is 38.8 Å². The van der Waals surface area contributed by atoms with Gasteiger partial charge in [0.2, 0.25) is 0 Å². The van der Waals surface area contributed by atoms with E-state index in [0.717, 1.165) is 18.8 Å². The van der Waals surface area contributed by atoms with E-state index in [4.69, 9.17) is 0 Å². The van der Waals surface area contributed by atoms with Crippen LogP contribution in [-0.4, -0.2) is 26.8 Å². The predicted octanol–water partition coefficient (Wildman–Crippen LogP) is 0.462. The normalized spacial score (nSPS) is 22.8. The maximum absolute atomic E-state index is 4.34. The van der Waals surface area contributed by atoms with Crippen LogP contribution in [0.25, 0.3) is 0 Å². The maximum atomic E-state index is 4.34. The summed E-state index contributed by atoms with van der Waals surface area (Å²) < 4.78 is 0. The Balaban J connectivity index is 2.17. The number of aromatic nitrogens is 4. The van der Waals surface area contributed by atoms with Gasteiger partial charge in [-0.15, -0.1) is 10.2 Å². The Morgan fingerprint density at radius 1 is 1.46 bits per heavy atom. The van der Waals surface area contributed by atoms with Gasteiger partial charge in [-0.25, -0.2) is 0 Å². The lowest BCUT2D eigenvalue weighted by molar-refractivity contribution is 0.300. The van der Waals surface area contributed by atoms with Crippen LogP contribution in [-0.2, 0) is 5.54 Å². The van der Waals surface area contributed by atoms with Gasteiger partial charge in [0, 0.05) is 0 Å². The van der Waals surface area contributed by atoms with Crippen LogP contribution in [0.3, 0.4) is 0 Å². The summed E-state index contributed by atoms with van der Waals surface area (Å²) in [5.41, 5.74) is -0.0744. The molecule has 5 heteroatoms. The average molecular weight is 181 g/mol. The molecule has 1 aromatic rings. The highest BCUT2D eigenvalue weighted by Crippen LogP contribution is 2.19. The Bertz CT molecular complexity index is 294. The number of rotatable bonds is 1. The molecule has 5 nitrogen and oxygen atoms in total. The summed E-state index contributed by atoms with van der Waals surface area (Å²) in [4.78, 5) is 1.67. The Morgan fingerprint density at radius 2 is 2.15 bits per heavy atom. The molecule has 0 saturated carbocycles. The Morgan fingerprint density at radius 3 is 2.54 bits per heavy atom. The van der Waals surface area contributed by atoms with Gasteiger partial charge in [0.1, 0.15) is 0 Å². The monoisotopic (exact) mass is 181 g/mol. The van der Waals surface area contributed by atoms with Crippen molar-refractivity contribution in [2.75, 3.05) is 6.54 Å². The van der Waals surface area contributed by atoms with E-state index < -0.39 is 0 Å². The molecule has 0 radical (unpaired) electrons. The SMILES string of the molecule is CC(C)(C)n1nnc(C2CCN2)n1. The van der Waals surface area contributed by atoms with Crippen molar-refractivity contribution >= 4 is 0 Å². The van der Waals surface area contributed by atoms with Crippen LogP contribution in [0.4, 0.5) is 0 Å². The van der Waals surface area contributed by atoms with E-state index in [9.17, 15) is 0 Å². The minimum atomic E-state index is -0.0744. The predicted molar refractivity (Wildman–Crippen MR) is 48.2 cm³/mol. The van der Waals surface area contributed by atoms with Gasteiger partial charge in [0.05, 0.1) is 11.6 Å². The summed E-state index contributed by atoms with van der Waals surface area (Å²) in [6.45, 7) is 7.25. The van der Waals surface area contributed by atoms with Crippen molar-refractivity contribution in [3.8, 4) is 0 Å². The molecule has 2 heterocycles. The number of nitrogens with zero attached hydrogens (tertiary/aromatic N) is 4. The third-order valence-electron chi connectivity index (χ3n) is 2.16. The molecule has 0 aliphatic carbocycles. The molecular formula is C8H15N5. The van der Waals surface area contributed by atoms with Gasteiger partial charge < -0.3 is 5.32 Å². The first kappa shape index (κ1) is 8.62. The quantitative estimate of drug-likeness (QED) is 0.684. The largest absolute Gasteiger partial charge is 0.307 e. The summed E-state index contributed by atoms with van der Waals surface area (Å²) >= 11 is 0. The van der Waals surface area contributed by atoms with Crippen molar-refractivity contribution < 1.29 is 0 Å². The van der Waals surface area contributed by atoms with Gasteiger partial charge in [0.25, 0.3) is 0 Å². The molecule has 1 N–H and O–H groups in total. The molecule has 72 valence electrons. The molecule has 13 heavy (non-hydrogen) atoms. The number of tetrazole rings is 1. The fourth-order valence-corrected chi connectivity index (χ4v) is 1.16. The summed E-state index contributed by atoms with van der Waals surface area (Å²) in [5, 5.41) is 15.6. The lowest BCUT2D eigenvalue weighted by Crippen LogP contribution is -2.36. The topological polar surface area (TPSA) is 55.6 Å². The lowest BCUT2D eigenvalue weighted by Gasteiger charge is -2.24. The smallest absolute Gasteiger partial charge is 0.191 e. The number of hydrogen-bond donors (Lipinski definition) is 1. The molecule has 1 aromatic heterocycles. The fourth-order valence-electron chi connectivity index (χ4n) is 1.16. The van der Waals surface area contributed by atoms with Gasteiger partial charge in [-0.05, 0) is 39.0 Å².